The Labute approximate surface area is 154 Å². The molecule has 0 spiro atoms. The molecule has 4 nitrogen and oxygen atoms in total. The van der Waals surface area contributed by atoms with Crippen molar-refractivity contribution in [1.82, 2.24) is 9.97 Å². The van der Waals surface area contributed by atoms with Crippen molar-refractivity contribution >= 4 is 39.9 Å². The van der Waals surface area contributed by atoms with E-state index in [9.17, 15) is 4.39 Å². The molecule has 0 aliphatic carbocycles. The fourth-order valence-corrected chi connectivity index (χ4v) is 2.43. The van der Waals surface area contributed by atoms with Gasteiger partial charge in [-0.25, -0.2) is 14.4 Å². The summed E-state index contributed by atoms with van der Waals surface area (Å²) in [5.41, 5.74) is 7.51. The minimum Gasteiger partial charge on any atom is -0.383 e. The molecule has 2 N–H and O–H groups in total. The fourth-order valence-electron chi connectivity index (χ4n) is 2.13. The number of benzene rings is 2. The second kappa shape index (κ2) is 8.43. The number of fused-ring (bicyclic) bond motifs is 1. The molecule has 0 saturated heterocycles. The third-order valence-corrected chi connectivity index (χ3v) is 3.97. The van der Waals surface area contributed by atoms with Crippen molar-refractivity contribution in [3.63, 3.8) is 0 Å². The maximum Gasteiger partial charge on any atom is 0.149 e. The Morgan fingerprint density at radius 3 is 2.56 bits per heavy atom. The third-order valence-electron chi connectivity index (χ3n) is 3.23. The normalized spacial score (nSPS) is 9.84. The highest BCUT2D eigenvalue weighted by atomic mass is 35.5. The van der Waals surface area contributed by atoms with Crippen LogP contribution in [-0.4, -0.2) is 9.97 Å². The smallest absolute Gasteiger partial charge is 0.149 e. The van der Waals surface area contributed by atoms with E-state index in [4.69, 9.17) is 34.2 Å². The standard InChI is InChI=1S/C14H8Cl2FN3.C4H5N/c15-9-3-1-7(5-10(9)16)8-2-4-11(17)13-12(8)14(18)20-6-19-13;1-2-3-4-5/h1-6H,(H2,18,19,20);2H,1,3H2. The van der Waals surface area contributed by atoms with Crippen molar-refractivity contribution in [2.24, 2.45) is 0 Å². The first-order valence-corrected chi connectivity index (χ1v) is 7.87. The lowest BCUT2D eigenvalue weighted by molar-refractivity contribution is 0.636. The molecule has 0 aliphatic heterocycles. The van der Waals surface area contributed by atoms with Crippen LogP contribution in [0.4, 0.5) is 10.2 Å². The molecule has 7 heteroatoms. The summed E-state index contributed by atoms with van der Waals surface area (Å²) < 4.78 is 13.8. The van der Waals surface area contributed by atoms with Crippen molar-refractivity contribution in [2.75, 3.05) is 5.73 Å². The predicted molar refractivity (Wildman–Crippen MR) is 99.8 cm³/mol. The van der Waals surface area contributed by atoms with Crippen molar-refractivity contribution in [3.05, 3.63) is 65.2 Å². The summed E-state index contributed by atoms with van der Waals surface area (Å²) in [6, 6.07) is 10.0. The molecule has 25 heavy (non-hydrogen) atoms. The molecule has 2 aromatic carbocycles. The first kappa shape index (κ1) is 18.7. The van der Waals surface area contributed by atoms with Gasteiger partial charge in [0.05, 0.1) is 27.9 Å². The highest BCUT2D eigenvalue weighted by Crippen LogP contribution is 2.34. The molecule has 0 aliphatic rings. The highest BCUT2D eigenvalue weighted by Gasteiger charge is 2.13. The number of allylic oxidation sites excluding steroid dienone is 1. The van der Waals surface area contributed by atoms with Crippen LogP contribution in [0.3, 0.4) is 0 Å². The maximum absolute atomic E-state index is 13.8. The zero-order valence-corrected chi connectivity index (χ0v) is 14.5. The van der Waals surface area contributed by atoms with E-state index >= 15 is 0 Å². The number of halogens is 3. The summed E-state index contributed by atoms with van der Waals surface area (Å²) in [5.74, 6) is -0.228. The van der Waals surface area contributed by atoms with E-state index < -0.39 is 5.82 Å². The molecular weight excluding hydrogens is 362 g/mol. The molecule has 0 atom stereocenters. The lowest BCUT2D eigenvalue weighted by Gasteiger charge is -2.09. The number of nitrogens with zero attached hydrogens (tertiary/aromatic N) is 3. The largest absolute Gasteiger partial charge is 0.383 e. The molecule has 1 heterocycles. The third kappa shape index (κ3) is 4.24. The van der Waals surface area contributed by atoms with E-state index in [-0.39, 0.29) is 11.3 Å². The van der Waals surface area contributed by atoms with Gasteiger partial charge < -0.3 is 5.73 Å². The van der Waals surface area contributed by atoms with Gasteiger partial charge in [0, 0.05) is 0 Å². The van der Waals surface area contributed by atoms with E-state index in [0.29, 0.717) is 27.4 Å². The number of aromatic nitrogens is 2. The zero-order valence-electron chi connectivity index (χ0n) is 13.0. The average Bonchev–Trinajstić information content (AvgIpc) is 2.60. The van der Waals surface area contributed by atoms with Crippen LogP contribution in [0.15, 0.2) is 49.3 Å². The highest BCUT2D eigenvalue weighted by molar-refractivity contribution is 6.42. The minimum atomic E-state index is -0.446. The first-order chi connectivity index (χ1) is 12.0. The minimum absolute atomic E-state index is 0.182. The van der Waals surface area contributed by atoms with Crippen LogP contribution in [0, 0.1) is 17.1 Å². The van der Waals surface area contributed by atoms with Crippen LogP contribution in [0.2, 0.25) is 10.0 Å². The van der Waals surface area contributed by atoms with Gasteiger partial charge in [0.2, 0.25) is 0 Å². The Bertz CT molecular complexity index is 967. The second-order valence-electron chi connectivity index (χ2n) is 4.86. The predicted octanol–water partition coefficient (Wildman–Crippen LogP) is 5.41. The Balaban J connectivity index is 0.000000399. The summed E-state index contributed by atoms with van der Waals surface area (Å²) in [7, 11) is 0. The SMILES string of the molecule is C=CCC#N.Nc1ncnc2c(F)ccc(-c3ccc(Cl)c(Cl)c3)c12. The second-order valence-corrected chi connectivity index (χ2v) is 5.67. The van der Waals surface area contributed by atoms with E-state index in [1.165, 1.54) is 12.4 Å². The van der Waals surface area contributed by atoms with Crippen LogP contribution in [0.25, 0.3) is 22.0 Å². The number of nitrogen functional groups attached to an aromatic ring is 1. The summed E-state index contributed by atoms with van der Waals surface area (Å²) >= 11 is 11.9. The number of anilines is 1. The van der Waals surface area contributed by atoms with Gasteiger partial charge >= 0.3 is 0 Å². The van der Waals surface area contributed by atoms with Crippen molar-refractivity contribution in [1.29, 1.82) is 5.26 Å². The van der Waals surface area contributed by atoms with Crippen molar-refractivity contribution < 1.29 is 4.39 Å². The topological polar surface area (TPSA) is 75.6 Å². The molecular formula is C18H13Cl2FN4. The summed E-state index contributed by atoms with van der Waals surface area (Å²) in [5, 5.41) is 9.07. The lowest BCUT2D eigenvalue weighted by atomic mass is 10.0. The number of rotatable bonds is 2. The quantitative estimate of drug-likeness (QED) is 0.608. The maximum atomic E-state index is 13.8. The molecule has 0 amide bonds. The Hall–Kier alpha value is -2.68. The zero-order chi connectivity index (χ0) is 18.4. The van der Waals surface area contributed by atoms with E-state index in [2.05, 4.69) is 16.5 Å². The molecule has 126 valence electrons. The molecule has 0 fully saturated rings. The van der Waals surface area contributed by atoms with Gasteiger partial charge in [-0.05, 0) is 29.3 Å². The number of hydrogen-bond acceptors (Lipinski definition) is 4. The van der Waals surface area contributed by atoms with Crippen LogP contribution in [0.5, 0.6) is 0 Å². The van der Waals surface area contributed by atoms with Gasteiger partial charge in [-0.3, -0.25) is 0 Å². The molecule has 0 saturated carbocycles. The molecule has 1 aromatic heterocycles. The van der Waals surface area contributed by atoms with Crippen molar-refractivity contribution in [3.8, 4) is 17.2 Å². The number of hydrogen-bond donors (Lipinski definition) is 1. The average molecular weight is 375 g/mol. The van der Waals surface area contributed by atoms with E-state index in [1.54, 1.807) is 30.3 Å². The van der Waals surface area contributed by atoms with Gasteiger partial charge in [0.15, 0.2) is 0 Å². The van der Waals surface area contributed by atoms with Crippen LogP contribution < -0.4 is 5.73 Å². The lowest BCUT2D eigenvalue weighted by Crippen LogP contribution is -1.97. The summed E-state index contributed by atoms with van der Waals surface area (Å²) in [6.07, 6.45) is 3.26. The van der Waals surface area contributed by atoms with Gasteiger partial charge in [-0.1, -0.05) is 41.4 Å². The molecule has 3 aromatic rings. The van der Waals surface area contributed by atoms with Crippen LogP contribution in [0.1, 0.15) is 6.42 Å². The number of nitrogens with two attached hydrogens (primary N) is 1. The van der Waals surface area contributed by atoms with Gasteiger partial charge in [-0.15, -0.1) is 6.58 Å². The van der Waals surface area contributed by atoms with E-state index in [1.807, 2.05) is 6.07 Å². The van der Waals surface area contributed by atoms with Gasteiger partial charge in [-0.2, -0.15) is 5.26 Å². The molecule has 0 bridgehead atoms. The Kier molecular flexibility index (Phi) is 6.29. The van der Waals surface area contributed by atoms with Gasteiger partial charge in [0.25, 0.3) is 0 Å². The molecule has 0 radical (unpaired) electrons. The van der Waals surface area contributed by atoms with Crippen molar-refractivity contribution in [2.45, 2.75) is 6.42 Å². The molecule has 3 rings (SSSR count). The number of nitriles is 1. The van der Waals surface area contributed by atoms with Gasteiger partial charge in [0.1, 0.15) is 23.5 Å². The first-order valence-electron chi connectivity index (χ1n) is 7.11. The Morgan fingerprint density at radius 2 is 1.96 bits per heavy atom. The summed E-state index contributed by atoms with van der Waals surface area (Å²) in [6.45, 7) is 3.33. The monoisotopic (exact) mass is 374 g/mol. The molecule has 0 unspecified atom stereocenters. The fraction of sp³-hybridized carbons (Fsp3) is 0.0556. The van der Waals surface area contributed by atoms with Crippen LogP contribution >= 0.6 is 23.2 Å². The van der Waals surface area contributed by atoms with Crippen LogP contribution in [-0.2, 0) is 0 Å². The summed E-state index contributed by atoms with van der Waals surface area (Å²) in [4.78, 5) is 7.86. The van der Waals surface area contributed by atoms with E-state index in [0.717, 1.165) is 5.56 Å². The Morgan fingerprint density at radius 1 is 1.20 bits per heavy atom.